The summed E-state index contributed by atoms with van der Waals surface area (Å²) in [6.07, 6.45) is 8.32. The number of thioether (sulfide) groups is 1. The second-order valence-corrected chi connectivity index (χ2v) is 7.14. The molecule has 0 bridgehead atoms. The van der Waals surface area contributed by atoms with Gasteiger partial charge in [-0.05, 0) is 56.6 Å². The molecule has 0 amide bonds. The first-order valence-electron chi connectivity index (χ1n) is 8.41. The number of nitrogens with zero attached hydrogens (tertiary/aromatic N) is 2. The number of aromatic nitrogens is 1. The summed E-state index contributed by atoms with van der Waals surface area (Å²) in [4.78, 5) is 25.9. The monoisotopic (exact) mass is 356 g/mol. The van der Waals surface area contributed by atoms with Gasteiger partial charge in [0.25, 0.3) is 5.56 Å². The Balaban J connectivity index is 2.19. The maximum atomic E-state index is 12.9. The fraction of sp³-hybridized carbons (Fsp3) is 0.421. The van der Waals surface area contributed by atoms with Crippen molar-refractivity contribution in [2.24, 2.45) is 0 Å². The fourth-order valence-corrected chi connectivity index (χ4v) is 4.06. The van der Waals surface area contributed by atoms with Crippen molar-refractivity contribution in [2.45, 2.75) is 50.0 Å². The molecular weight excluding hydrogens is 336 g/mol. The summed E-state index contributed by atoms with van der Waals surface area (Å²) in [6, 6.07) is 5.53. The van der Waals surface area contributed by atoms with Gasteiger partial charge in [0.1, 0.15) is 17.7 Å². The molecule has 0 atom stereocenters. The molecule has 2 heterocycles. The van der Waals surface area contributed by atoms with E-state index in [1.54, 1.807) is 24.6 Å². The molecule has 0 radical (unpaired) electrons. The first-order valence-corrected chi connectivity index (χ1v) is 9.63. The largest absolute Gasteiger partial charge is 0.459 e. The lowest BCUT2D eigenvalue weighted by Crippen LogP contribution is -2.25. The summed E-state index contributed by atoms with van der Waals surface area (Å²) < 4.78 is 7.09. The van der Waals surface area contributed by atoms with Crippen molar-refractivity contribution in [1.82, 2.24) is 4.40 Å². The lowest BCUT2D eigenvalue weighted by atomic mass is 9.98. The first-order chi connectivity index (χ1) is 12.1. The quantitative estimate of drug-likeness (QED) is 0.619. The summed E-state index contributed by atoms with van der Waals surface area (Å²) in [5.41, 5.74) is 1.33. The topological polar surface area (TPSA) is 71.6 Å². The zero-order valence-corrected chi connectivity index (χ0v) is 15.2. The van der Waals surface area contributed by atoms with Gasteiger partial charge in [0.15, 0.2) is 0 Å². The Kier molecular flexibility index (Phi) is 5.14. The second-order valence-electron chi connectivity index (χ2n) is 6.32. The molecule has 25 heavy (non-hydrogen) atoms. The molecule has 0 aliphatic heterocycles. The van der Waals surface area contributed by atoms with E-state index in [2.05, 4.69) is 0 Å². The number of fused-ring (bicyclic) bond motifs is 1. The van der Waals surface area contributed by atoms with Crippen LogP contribution >= 0.6 is 11.8 Å². The van der Waals surface area contributed by atoms with E-state index in [4.69, 9.17) is 4.74 Å². The van der Waals surface area contributed by atoms with E-state index in [-0.39, 0.29) is 11.7 Å². The molecule has 3 rings (SSSR count). The molecular formula is C19H20N2O3S. The minimum absolute atomic E-state index is 0.00977. The maximum Gasteiger partial charge on any atom is 0.341 e. The summed E-state index contributed by atoms with van der Waals surface area (Å²) in [5.74, 6) is -0.448. The molecule has 1 fully saturated rings. The van der Waals surface area contributed by atoms with Gasteiger partial charge in [-0.1, -0.05) is 6.42 Å². The average molecular weight is 356 g/mol. The lowest BCUT2D eigenvalue weighted by molar-refractivity contribution is 0.0209. The van der Waals surface area contributed by atoms with E-state index >= 15 is 0 Å². The number of aryl methyl sites for hydroxylation is 1. The SMILES string of the molecule is CSc1c(C#N)c(=O)n2ccc(C)cc2c1C(=O)OC1CCCCC1. The van der Waals surface area contributed by atoms with Crippen LogP contribution in [0, 0.1) is 18.3 Å². The van der Waals surface area contributed by atoms with Gasteiger partial charge in [0.2, 0.25) is 0 Å². The predicted octanol–water partition coefficient (Wildman–Crippen LogP) is 3.69. The molecule has 0 saturated heterocycles. The van der Waals surface area contributed by atoms with Gasteiger partial charge >= 0.3 is 5.97 Å². The van der Waals surface area contributed by atoms with Crippen LogP contribution in [0.2, 0.25) is 0 Å². The van der Waals surface area contributed by atoms with Gasteiger partial charge in [-0.25, -0.2) is 4.79 Å². The molecule has 2 aromatic heterocycles. The van der Waals surface area contributed by atoms with E-state index in [1.807, 2.05) is 13.0 Å². The third kappa shape index (κ3) is 3.29. The first kappa shape index (κ1) is 17.6. The smallest absolute Gasteiger partial charge is 0.341 e. The van der Waals surface area contributed by atoms with Crippen molar-refractivity contribution >= 4 is 23.2 Å². The highest BCUT2D eigenvalue weighted by Gasteiger charge is 2.26. The van der Waals surface area contributed by atoms with Gasteiger partial charge in [0, 0.05) is 11.1 Å². The number of ether oxygens (including phenoxy) is 1. The number of pyridine rings is 2. The van der Waals surface area contributed by atoms with Crippen molar-refractivity contribution < 1.29 is 9.53 Å². The van der Waals surface area contributed by atoms with E-state index < -0.39 is 11.5 Å². The van der Waals surface area contributed by atoms with E-state index in [0.29, 0.717) is 16.0 Å². The Morgan fingerprint density at radius 2 is 2.08 bits per heavy atom. The lowest BCUT2D eigenvalue weighted by Gasteiger charge is -2.23. The van der Waals surface area contributed by atoms with Crippen molar-refractivity contribution in [2.75, 3.05) is 6.26 Å². The van der Waals surface area contributed by atoms with E-state index in [1.165, 1.54) is 22.6 Å². The van der Waals surface area contributed by atoms with Crippen molar-refractivity contribution in [3.8, 4) is 6.07 Å². The Hall–Kier alpha value is -2.26. The molecule has 0 unspecified atom stereocenters. The Morgan fingerprint density at radius 3 is 2.72 bits per heavy atom. The highest BCUT2D eigenvalue weighted by atomic mass is 32.2. The van der Waals surface area contributed by atoms with Gasteiger partial charge in [0.05, 0.1) is 11.1 Å². The molecule has 2 aromatic rings. The van der Waals surface area contributed by atoms with Crippen LogP contribution in [-0.4, -0.2) is 22.7 Å². The van der Waals surface area contributed by atoms with Crippen molar-refractivity contribution in [3.05, 3.63) is 45.4 Å². The number of esters is 1. The van der Waals surface area contributed by atoms with Gasteiger partial charge in [-0.3, -0.25) is 9.20 Å². The van der Waals surface area contributed by atoms with Gasteiger partial charge < -0.3 is 4.74 Å². The second kappa shape index (κ2) is 7.32. The number of carbonyl (C=O) groups excluding carboxylic acids is 1. The van der Waals surface area contributed by atoms with Crippen LogP contribution in [0.5, 0.6) is 0 Å². The standard InChI is InChI=1S/C19H20N2O3S/c1-12-8-9-21-15(10-12)16(17(25-2)14(11-20)18(21)22)19(23)24-13-6-4-3-5-7-13/h8-10,13H,3-7H2,1-2H3. The van der Waals surface area contributed by atoms with Gasteiger partial charge in [-0.2, -0.15) is 5.26 Å². The zero-order valence-electron chi connectivity index (χ0n) is 14.4. The van der Waals surface area contributed by atoms with Crippen molar-refractivity contribution in [3.63, 3.8) is 0 Å². The number of hydrogen-bond donors (Lipinski definition) is 0. The summed E-state index contributed by atoms with van der Waals surface area (Å²) in [5, 5.41) is 9.44. The van der Waals surface area contributed by atoms with Gasteiger partial charge in [-0.15, -0.1) is 11.8 Å². The predicted molar refractivity (Wildman–Crippen MR) is 97.2 cm³/mol. The third-order valence-electron chi connectivity index (χ3n) is 4.60. The maximum absolute atomic E-state index is 12.9. The molecule has 5 nitrogen and oxygen atoms in total. The number of carbonyl (C=O) groups is 1. The van der Waals surface area contributed by atoms with E-state index in [9.17, 15) is 14.9 Å². The third-order valence-corrected chi connectivity index (χ3v) is 5.42. The fourth-order valence-electron chi connectivity index (χ4n) is 3.33. The Bertz CT molecular complexity index is 921. The normalized spacial score (nSPS) is 15.1. The summed E-state index contributed by atoms with van der Waals surface area (Å²) in [7, 11) is 0. The molecule has 6 heteroatoms. The molecule has 0 N–H and O–H groups in total. The molecule has 130 valence electrons. The van der Waals surface area contributed by atoms with Crippen LogP contribution in [0.15, 0.2) is 28.0 Å². The highest BCUT2D eigenvalue weighted by Crippen LogP contribution is 2.29. The van der Waals surface area contributed by atoms with Crippen molar-refractivity contribution in [1.29, 1.82) is 5.26 Å². The number of rotatable bonds is 3. The number of nitriles is 1. The molecule has 0 aromatic carbocycles. The average Bonchev–Trinajstić information content (AvgIpc) is 2.61. The minimum atomic E-state index is -0.448. The summed E-state index contributed by atoms with van der Waals surface area (Å²) >= 11 is 1.24. The van der Waals surface area contributed by atoms with Crippen LogP contribution in [-0.2, 0) is 4.74 Å². The highest BCUT2D eigenvalue weighted by molar-refractivity contribution is 7.98. The minimum Gasteiger partial charge on any atom is -0.459 e. The van der Waals surface area contributed by atoms with E-state index in [0.717, 1.165) is 31.2 Å². The Labute approximate surface area is 150 Å². The molecule has 1 saturated carbocycles. The van der Waals surface area contributed by atoms with Crippen LogP contribution in [0.25, 0.3) is 5.52 Å². The van der Waals surface area contributed by atoms with Crippen LogP contribution < -0.4 is 5.56 Å². The van der Waals surface area contributed by atoms with Crippen LogP contribution in [0.4, 0.5) is 0 Å². The molecule has 0 spiro atoms. The van der Waals surface area contributed by atoms with Crippen LogP contribution in [0.3, 0.4) is 0 Å². The Morgan fingerprint density at radius 1 is 1.36 bits per heavy atom. The zero-order chi connectivity index (χ0) is 18.0. The summed E-state index contributed by atoms with van der Waals surface area (Å²) in [6.45, 7) is 1.90. The molecule has 1 aliphatic carbocycles. The number of hydrogen-bond acceptors (Lipinski definition) is 5. The molecule has 1 aliphatic rings. The van der Waals surface area contributed by atoms with Crippen LogP contribution in [0.1, 0.15) is 53.6 Å².